The molecule has 0 aliphatic carbocycles. The maximum absolute atomic E-state index is 13.0. The topological polar surface area (TPSA) is 102 Å². The molecule has 166 valence electrons. The molecule has 1 N–H and O–H groups in total. The number of ketones is 1. The zero-order valence-corrected chi connectivity index (χ0v) is 19.0. The number of hydrogen-bond acceptors (Lipinski definition) is 6. The quantitative estimate of drug-likeness (QED) is 0.384. The maximum Gasteiger partial charge on any atom is 0.302 e. The lowest BCUT2D eigenvalue weighted by atomic mass is 10.0. The van der Waals surface area contributed by atoms with Crippen molar-refractivity contribution in [1.29, 1.82) is 0 Å². The largest absolute Gasteiger partial charge is 0.465 e. The normalized spacial score (nSPS) is 12.1. The molecule has 2 aromatic carbocycles. The highest BCUT2D eigenvalue weighted by molar-refractivity contribution is 7.92. The minimum atomic E-state index is -3.98. The van der Waals surface area contributed by atoms with E-state index in [9.17, 15) is 18.0 Å². The van der Waals surface area contributed by atoms with Crippen LogP contribution < -0.4 is 4.72 Å². The molecule has 1 unspecified atom stereocenters. The second-order valence-electron chi connectivity index (χ2n) is 7.13. The third kappa shape index (κ3) is 5.72. The Balaban J connectivity index is 1.85. The highest BCUT2D eigenvalue weighted by Gasteiger charge is 2.21. The van der Waals surface area contributed by atoms with Crippen molar-refractivity contribution in [3.05, 3.63) is 88.7 Å². The molecule has 32 heavy (non-hydrogen) atoms. The standard InChI is InChI=1S/C23H21ClN2O5S/c1-15(14-31-16(2)27)17-3-6-20(7-4-17)32(29,30)26-22-8-5-19(24)13-21(22)23(28)18-9-11-25-12-10-18/h3-13,15,26H,14H2,1-2H3. The van der Waals surface area contributed by atoms with Gasteiger partial charge in [0, 0.05) is 41.4 Å². The smallest absolute Gasteiger partial charge is 0.302 e. The van der Waals surface area contributed by atoms with Crippen LogP contribution in [0, 0.1) is 0 Å². The van der Waals surface area contributed by atoms with Crippen LogP contribution in [0.4, 0.5) is 5.69 Å². The van der Waals surface area contributed by atoms with Gasteiger partial charge in [0.05, 0.1) is 17.2 Å². The SMILES string of the molecule is CC(=O)OCC(C)c1ccc(S(=O)(=O)Nc2ccc(Cl)cc2C(=O)c2ccncc2)cc1. The van der Waals surface area contributed by atoms with Gasteiger partial charge in [0.25, 0.3) is 10.0 Å². The summed E-state index contributed by atoms with van der Waals surface area (Å²) >= 11 is 6.06. The Morgan fingerprint density at radius 1 is 1.06 bits per heavy atom. The van der Waals surface area contributed by atoms with E-state index in [-0.39, 0.29) is 40.4 Å². The monoisotopic (exact) mass is 472 g/mol. The molecular weight excluding hydrogens is 452 g/mol. The number of ether oxygens (including phenoxy) is 1. The van der Waals surface area contributed by atoms with Gasteiger partial charge in [-0.1, -0.05) is 30.7 Å². The van der Waals surface area contributed by atoms with Gasteiger partial charge in [-0.05, 0) is 48.0 Å². The van der Waals surface area contributed by atoms with Gasteiger partial charge in [-0.25, -0.2) is 8.42 Å². The van der Waals surface area contributed by atoms with Crippen molar-refractivity contribution in [2.45, 2.75) is 24.7 Å². The molecule has 0 bridgehead atoms. The number of carbonyl (C=O) groups is 2. The van der Waals surface area contributed by atoms with E-state index in [0.29, 0.717) is 10.6 Å². The number of aromatic nitrogens is 1. The van der Waals surface area contributed by atoms with Crippen molar-refractivity contribution in [1.82, 2.24) is 4.98 Å². The molecule has 0 fully saturated rings. The van der Waals surface area contributed by atoms with Crippen LogP contribution in [0.25, 0.3) is 0 Å². The number of hydrogen-bond donors (Lipinski definition) is 1. The predicted molar refractivity (Wildman–Crippen MR) is 121 cm³/mol. The Bertz CT molecular complexity index is 1230. The van der Waals surface area contributed by atoms with Crippen molar-refractivity contribution in [3.63, 3.8) is 0 Å². The fraction of sp³-hybridized carbons (Fsp3) is 0.174. The number of anilines is 1. The Morgan fingerprint density at radius 3 is 2.34 bits per heavy atom. The number of halogens is 1. The lowest BCUT2D eigenvalue weighted by Crippen LogP contribution is -2.16. The van der Waals surface area contributed by atoms with Crippen molar-refractivity contribution >= 4 is 39.1 Å². The number of nitrogens with one attached hydrogen (secondary N) is 1. The highest BCUT2D eigenvalue weighted by atomic mass is 35.5. The van der Waals surface area contributed by atoms with Crippen molar-refractivity contribution in [3.8, 4) is 0 Å². The Kier molecular flexibility index (Phi) is 7.27. The predicted octanol–water partition coefficient (Wildman–Crippen LogP) is 4.43. The average Bonchev–Trinajstić information content (AvgIpc) is 2.78. The van der Waals surface area contributed by atoms with Crippen molar-refractivity contribution in [2.24, 2.45) is 0 Å². The molecule has 7 nitrogen and oxygen atoms in total. The van der Waals surface area contributed by atoms with E-state index in [1.54, 1.807) is 12.1 Å². The number of benzene rings is 2. The fourth-order valence-corrected chi connectivity index (χ4v) is 4.22. The number of sulfonamides is 1. The number of pyridine rings is 1. The van der Waals surface area contributed by atoms with Gasteiger partial charge >= 0.3 is 5.97 Å². The summed E-state index contributed by atoms with van der Waals surface area (Å²) in [6.07, 6.45) is 2.96. The summed E-state index contributed by atoms with van der Waals surface area (Å²) in [6, 6.07) is 13.7. The van der Waals surface area contributed by atoms with Crippen LogP contribution in [0.3, 0.4) is 0 Å². The molecule has 9 heteroatoms. The zero-order valence-electron chi connectivity index (χ0n) is 17.4. The maximum atomic E-state index is 13.0. The van der Waals surface area contributed by atoms with Gasteiger partial charge in [-0.15, -0.1) is 0 Å². The Labute approximate surface area is 191 Å². The molecule has 3 rings (SSSR count). The Hall–Kier alpha value is -3.23. The summed E-state index contributed by atoms with van der Waals surface area (Å²) in [4.78, 5) is 27.8. The minimum absolute atomic E-state index is 0.0261. The van der Waals surface area contributed by atoms with Crippen LogP contribution in [-0.4, -0.2) is 31.8 Å². The van der Waals surface area contributed by atoms with Gasteiger partial charge < -0.3 is 4.74 Å². The summed E-state index contributed by atoms with van der Waals surface area (Å²) in [5, 5.41) is 0.302. The molecule has 3 aromatic rings. The first-order valence-corrected chi connectivity index (χ1v) is 11.5. The van der Waals surface area contributed by atoms with Crippen LogP contribution >= 0.6 is 11.6 Å². The molecule has 0 saturated heterocycles. The van der Waals surface area contributed by atoms with E-state index >= 15 is 0 Å². The first-order chi connectivity index (χ1) is 15.2. The second-order valence-corrected chi connectivity index (χ2v) is 9.25. The third-order valence-electron chi connectivity index (χ3n) is 4.71. The van der Waals surface area contributed by atoms with E-state index in [2.05, 4.69) is 9.71 Å². The number of carbonyl (C=O) groups excluding carboxylic acids is 2. The second kappa shape index (κ2) is 9.93. The van der Waals surface area contributed by atoms with E-state index < -0.39 is 10.0 Å². The molecule has 1 atom stereocenters. The summed E-state index contributed by atoms with van der Waals surface area (Å²) in [5.41, 5.74) is 1.42. The molecule has 0 radical (unpaired) electrons. The van der Waals surface area contributed by atoms with Crippen molar-refractivity contribution < 1.29 is 22.7 Å². The third-order valence-corrected chi connectivity index (χ3v) is 6.33. The molecule has 0 spiro atoms. The molecule has 1 aromatic heterocycles. The lowest BCUT2D eigenvalue weighted by molar-refractivity contribution is -0.141. The van der Waals surface area contributed by atoms with E-state index in [4.69, 9.17) is 16.3 Å². The summed E-state index contributed by atoms with van der Waals surface area (Å²) in [6.45, 7) is 3.40. The highest BCUT2D eigenvalue weighted by Crippen LogP contribution is 2.27. The van der Waals surface area contributed by atoms with Gasteiger partial charge in [0.2, 0.25) is 0 Å². The van der Waals surface area contributed by atoms with Crippen molar-refractivity contribution in [2.75, 3.05) is 11.3 Å². The lowest BCUT2D eigenvalue weighted by Gasteiger charge is -2.14. The van der Waals surface area contributed by atoms with Gasteiger partial charge in [0.1, 0.15) is 0 Å². The minimum Gasteiger partial charge on any atom is -0.465 e. The average molecular weight is 473 g/mol. The van der Waals surface area contributed by atoms with Crippen LogP contribution in [0.1, 0.15) is 41.3 Å². The first-order valence-electron chi connectivity index (χ1n) is 9.68. The van der Waals surface area contributed by atoms with Crippen LogP contribution in [-0.2, 0) is 19.6 Å². The van der Waals surface area contributed by atoms with E-state index in [0.717, 1.165) is 5.56 Å². The van der Waals surface area contributed by atoms with Crippen LogP contribution in [0.5, 0.6) is 0 Å². The molecular formula is C23H21ClN2O5S. The number of esters is 1. The van der Waals surface area contributed by atoms with Gasteiger partial charge in [0.15, 0.2) is 5.78 Å². The van der Waals surface area contributed by atoms with Crippen LogP contribution in [0.15, 0.2) is 71.9 Å². The van der Waals surface area contributed by atoms with E-state index in [1.807, 2.05) is 6.92 Å². The zero-order chi connectivity index (χ0) is 23.3. The first kappa shape index (κ1) is 23.4. The molecule has 0 aliphatic heterocycles. The summed E-state index contributed by atoms with van der Waals surface area (Å²) in [7, 11) is -3.98. The molecule has 0 amide bonds. The number of rotatable bonds is 8. The Morgan fingerprint density at radius 2 is 1.72 bits per heavy atom. The van der Waals surface area contributed by atoms with Gasteiger partial charge in [-0.2, -0.15) is 0 Å². The summed E-state index contributed by atoms with van der Waals surface area (Å²) < 4.78 is 33.4. The molecule has 1 heterocycles. The molecule has 0 aliphatic rings. The van der Waals surface area contributed by atoms with Gasteiger partial charge in [-0.3, -0.25) is 19.3 Å². The fourth-order valence-electron chi connectivity index (χ4n) is 2.97. The van der Waals surface area contributed by atoms with E-state index in [1.165, 1.54) is 61.8 Å². The summed E-state index contributed by atoms with van der Waals surface area (Å²) in [5.74, 6) is -0.855. The van der Waals surface area contributed by atoms with Crippen LogP contribution in [0.2, 0.25) is 5.02 Å². The number of nitrogens with zero attached hydrogens (tertiary/aromatic N) is 1. The molecule has 0 saturated carbocycles.